The normalized spacial score (nSPS) is 11.6. The number of aromatic nitrogens is 1. The van der Waals surface area contributed by atoms with Gasteiger partial charge in [-0.3, -0.25) is 4.99 Å². The fraction of sp³-hybridized carbons (Fsp3) is 0. The first kappa shape index (κ1) is 18.9. The molecule has 3 nitrogen and oxygen atoms in total. The van der Waals surface area contributed by atoms with Crippen LogP contribution in [-0.4, -0.2) is 11.3 Å². The third-order valence-corrected chi connectivity index (χ3v) is 6.68. The molecule has 0 N–H and O–H groups in total. The molecule has 0 saturated heterocycles. The van der Waals surface area contributed by atoms with Crippen molar-refractivity contribution in [3.63, 3.8) is 0 Å². The summed E-state index contributed by atoms with van der Waals surface area (Å²) in [5.41, 5.74) is 8.12. The predicted molar refractivity (Wildman–Crippen MR) is 143 cm³/mol. The zero-order valence-electron chi connectivity index (χ0n) is 18.4. The van der Waals surface area contributed by atoms with E-state index in [1.165, 1.54) is 10.8 Å². The van der Waals surface area contributed by atoms with Crippen LogP contribution in [0.4, 0.5) is 5.69 Å². The minimum Gasteiger partial charge on any atom is -0.456 e. The van der Waals surface area contributed by atoms with Crippen molar-refractivity contribution >= 4 is 56.1 Å². The lowest BCUT2D eigenvalue weighted by Gasteiger charge is -2.17. The van der Waals surface area contributed by atoms with Crippen molar-refractivity contribution in [1.29, 1.82) is 0 Å². The molecule has 0 radical (unpaired) electrons. The van der Waals surface area contributed by atoms with E-state index in [-0.39, 0.29) is 0 Å². The monoisotopic (exact) mass is 436 g/mol. The second kappa shape index (κ2) is 7.19. The average molecular weight is 437 g/mol. The van der Waals surface area contributed by atoms with Crippen molar-refractivity contribution in [3.05, 3.63) is 109 Å². The fourth-order valence-corrected chi connectivity index (χ4v) is 5.29. The number of furan rings is 1. The highest BCUT2D eigenvalue weighted by Crippen LogP contribution is 2.44. The first-order valence-electron chi connectivity index (χ1n) is 11.3. The van der Waals surface area contributed by atoms with Gasteiger partial charge in [-0.1, -0.05) is 72.8 Å². The van der Waals surface area contributed by atoms with Gasteiger partial charge in [0, 0.05) is 27.1 Å². The Kier molecular flexibility index (Phi) is 4.00. The molecule has 0 bridgehead atoms. The van der Waals surface area contributed by atoms with Crippen LogP contribution in [0.3, 0.4) is 0 Å². The molecule has 0 atom stereocenters. The molecule has 7 rings (SSSR count). The van der Waals surface area contributed by atoms with Gasteiger partial charge in [0.05, 0.1) is 22.4 Å². The second-order valence-electron chi connectivity index (χ2n) is 8.48. The van der Waals surface area contributed by atoms with Gasteiger partial charge in [-0.05, 0) is 48.7 Å². The van der Waals surface area contributed by atoms with Crippen LogP contribution in [0.5, 0.6) is 0 Å². The second-order valence-corrected chi connectivity index (χ2v) is 8.48. The maximum absolute atomic E-state index is 6.21. The molecule has 0 fully saturated rings. The quantitative estimate of drug-likeness (QED) is 0.255. The van der Waals surface area contributed by atoms with Crippen molar-refractivity contribution in [2.45, 2.75) is 0 Å². The Labute approximate surface area is 196 Å². The molecule has 0 aliphatic carbocycles. The third kappa shape index (κ3) is 2.55. The van der Waals surface area contributed by atoms with Gasteiger partial charge < -0.3 is 8.98 Å². The van der Waals surface area contributed by atoms with Crippen LogP contribution < -0.4 is 0 Å². The van der Waals surface area contributed by atoms with Crippen molar-refractivity contribution in [1.82, 2.24) is 4.57 Å². The Morgan fingerprint density at radius 2 is 1.21 bits per heavy atom. The molecule has 2 aromatic heterocycles. The van der Waals surface area contributed by atoms with Crippen LogP contribution in [0, 0.1) is 0 Å². The summed E-state index contributed by atoms with van der Waals surface area (Å²) in [6, 6.07) is 37.8. The van der Waals surface area contributed by atoms with E-state index in [0.717, 1.165) is 55.5 Å². The highest BCUT2D eigenvalue weighted by Gasteiger charge is 2.20. The lowest BCUT2D eigenvalue weighted by Crippen LogP contribution is -1.97. The Morgan fingerprint density at radius 3 is 1.94 bits per heavy atom. The third-order valence-electron chi connectivity index (χ3n) is 6.68. The van der Waals surface area contributed by atoms with Gasteiger partial charge in [-0.25, -0.2) is 0 Å². The minimum atomic E-state index is 0.845. The lowest BCUT2D eigenvalue weighted by atomic mass is 9.96. The first-order chi connectivity index (χ1) is 16.8. The van der Waals surface area contributed by atoms with Crippen molar-refractivity contribution in [2.75, 3.05) is 0 Å². The molecular weight excluding hydrogens is 416 g/mol. The molecule has 5 aromatic carbocycles. The topological polar surface area (TPSA) is 30.4 Å². The molecule has 2 heterocycles. The number of nitrogens with zero attached hydrogens (tertiary/aromatic N) is 2. The van der Waals surface area contributed by atoms with Crippen molar-refractivity contribution < 1.29 is 4.42 Å². The van der Waals surface area contributed by atoms with Crippen LogP contribution in [0.1, 0.15) is 0 Å². The highest BCUT2D eigenvalue weighted by molar-refractivity contribution is 6.15. The number of hydrogen-bond acceptors (Lipinski definition) is 2. The largest absolute Gasteiger partial charge is 0.456 e. The Balaban J connectivity index is 1.67. The minimum absolute atomic E-state index is 0.845. The molecule has 0 aliphatic rings. The number of hydrogen-bond donors (Lipinski definition) is 0. The summed E-state index contributed by atoms with van der Waals surface area (Å²) < 4.78 is 8.55. The molecule has 0 saturated carbocycles. The lowest BCUT2D eigenvalue weighted by molar-refractivity contribution is 0.669. The van der Waals surface area contributed by atoms with E-state index in [0.29, 0.717) is 0 Å². The summed E-state index contributed by atoms with van der Waals surface area (Å²) in [6.45, 7) is 3.91. The molecule has 0 spiro atoms. The highest BCUT2D eigenvalue weighted by atomic mass is 16.3. The smallest absolute Gasteiger partial charge is 0.136 e. The number of fused-ring (bicyclic) bond motifs is 6. The Bertz CT molecular complexity index is 1830. The first-order valence-corrected chi connectivity index (χ1v) is 11.3. The molecule has 34 heavy (non-hydrogen) atoms. The molecule has 0 unspecified atom stereocenters. The van der Waals surface area contributed by atoms with Gasteiger partial charge in [0.2, 0.25) is 0 Å². The summed E-state index contributed by atoms with van der Waals surface area (Å²) in [7, 11) is 0. The molecule has 0 amide bonds. The number of rotatable bonds is 3. The van der Waals surface area contributed by atoms with Crippen molar-refractivity contribution in [2.24, 2.45) is 4.99 Å². The van der Waals surface area contributed by atoms with E-state index in [1.54, 1.807) is 0 Å². The van der Waals surface area contributed by atoms with Crippen molar-refractivity contribution in [3.8, 4) is 16.8 Å². The van der Waals surface area contributed by atoms with Crippen LogP contribution in [-0.2, 0) is 0 Å². The summed E-state index contributed by atoms with van der Waals surface area (Å²) >= 11 is 0. The number of para-hydroxylation sites is 3. The Hall–Kier alpha value is -4.63. The molecule has 7 aromatic rings. The van der Waals surface area contributed by atoms with E-state index < -0.39 is 0 Å². The zero-order chi connectivity index (χ0) is 22.6. The standard InChI is InChI=1S/C31H20N2O/c1-32-24-14-9-17-27(33-25-15-5-2-10-20(25)21-11-3-6-16-26(21)33)31(24)23-13-8-19-29-30(23)22-12-4-7-18-28(22)34-29/h2-19H,1H2. The fourth-order valence-electron chi connectivity index (χ4n) is 5.29. The van der Waals surface area contributed by atoms with E-state index in [2.05, 4.69) is 101 Å². The van der Waals surface area contributed by atoms with Crippen LogP contribution in [0.15, 0.2) is 119 Å². The van der Waals surface area contributed by atoms with Gasteiger partial charge in [-0.2, -0.15) is 0 Å². The SMILES string of the molecule is C=Nc1cccc(-n2c3ccccc3c3ccccc32)c1-c1cccc2oc3ccccc3c12. The molecular formula is C31H20N2O. The number of benzene rings is 5. The van der Waals surface area contributed by atoms with Crippen LogP contribution in [0.25, 0.3) is 60.6 Å². The molecule has 160 valence electrons. The predicted octanol–water partition coefficient (Wildman–Crippen LogP) is 8.68. The number of aliphatic imine (C=N–C) groups is 1. The average Bonchev–Trinajstić information content (AvgIpc) is 3.44. The van der Waals surface area contributed by atoms with E-state index in [4.69, 9.17) is 4.42 Å². The van der Waals surface area contributed by atoms with Gasteiger partial charge in [0.25, 0.3) is 0 Å². The van der Waals surface area contributed by atoms with E-state index in [9.17, 15) is 0 Å². The van der Waals surface area contributed by atoms with Gasteiger partial charge >= 0.3 is 0 Å². The van der Waals surface area contributed by atoms with Gasteiger partial charge in [0.1, 0.15) is 11.2 Å². The maximum Gasteiger partial charge on any atom is 0.136 e. The summed E-state index contributed by atoms with van der Waals surface area (Å²) in [5, 5.41) is 4.65. The summed E-state index contributed by atoms with van der Waals surface area (Å²) in [4.78, 5) is 4.45. The molecule has 3 heteroatoms. The summed E-state index contributed by atoms with van der Waals surface area (Å²) in [6.07, 6.45) is 0. The maximum atomic E-state index is 6.21. The zero-order valence-corrected chi connectivity index (χ0v) is 18.4. The van der Waals surface area contributed by atoms with E-state index in [1.807, 2.05) is 24.3 Å². The van der Waals surface area contributed by atoms with Crippen LogP contribution in [0.2, 0.25) is 0 Å². The molecule has 0 aliphatic heterocycles. The van der Waals surface area contributed by atoms with Gasteiger partial charge in [-0.15, -0.1) is 0 Å². The Morgan fingerprint density at radius 1 is 0.588 bits per heavy atom. The van der Waals surface area contributed by atoms with Gasteiger partial charge in [0.15, 0.2) is 0 Å². The summed E-state index contributed by atoms with van der Waals surface area (Å²) in [5.74, 6) is 0. The van der Waals surface area contributed by atoms with Crippen LogP contribution >= 0.6 is 0 Å². The van der Waals surface area contributed by atoms with E-state index >= 15 is 0 Å².